The maximum absolute atomic E-state index is 3.80. The Morgan fingerprint density at radius 1 is 1.15 bits per heavy atom. The number of aryl methyl sites for hydroxylation is 1. The van der Waals surface area contributed by atoms with Crippen LogP contribution in [0.3, 0.4) is 0 Å². The summed E-state index contributed by atoms with van der Waals surface area (Å²) in [5.41, 5.74) is 4.33. The smallest absolute Gasteiger partial charge is 0.0328 e. The molecule has 2 atom stereocenters. The average Bonchev–Trinajstić information content (AvgIpc) is 2.47. The van der Waals surface area contributed by atoms with Crippen molar-refractivity contribution >= 4 is 15.9 Å². The Labute approximate surface area is 129 Å². The quantitative estimate of drug-likeness (QED) is 0.818. The van der Waals surface area contributed by atoms with Crippen LogP contribution >= 0.6 is 15.9 Å². The summed E-state index contributed by atoms with van der Waals surface area (Å²) in [6, 6.07) is 18.3. The van der Waals surface area contributed by atoms with Crippen LogP contribution in [0.2, 0.25) is 0 Å². The molecule has 0 amide bonds. The van der Waals surface area contributed by atoms with Gasteiger partial charge in [-0.25, -0.2) is 0 Å². The van der Waals surface area contributed by atoms with Crippen LogP contribution in [0.25, 0.3) is 0 Å². The third kappa shape index (κ3) is 2.97. The van der Waals surface area contributed by atoms with Gasteiger partial charge in [-0.2, -0.15) is 0 Å². The number of rotatable bonds is 3. The molecule has 1 aliphatic rings. The summed E-state index contributed by atoms with van der Waals surface area (Å²) < 4.78 is 1.15. The Morgan fingerprint density at radius 2 is 2.00 bits per heavy atom. The SMILES string of the molecule is CC(NC1CCCc2ccccc21)c1cccc(Br)c1. The van der Waals surface area contributed by atoms with Crippen molar-refractivity contribution < 1.29 is 0 Å². The predicted octanol–water partition coefficient (Wildman–Crippen LogP) is 5.18. The lowest BCUT2D eigenvalue weighted by atomic mass is 9.87. The van der Waals surface area contributed by atoms with E-state index >= 15 is 0 Å². The summed E-state index contributed by atoms with van der Waals surface area (Å²) in [4.78, 5) is 0. The summed E-state index contributed by atoms with van der Waals surface area (Å²) in [5.74, 6) is 0. The lowest BCUT2D eigenvalue weighted by Gasteiger charge is -2.29. The van der Waals surface area contributed by atoms with Crippen molar-refractivity contribution in [3.05, 3.63) is 69.7 Å². The van der Waals surface area contributed by atoms with E-state index in [1.165, 1.54) is 36.0 Å². The lowest BCUT2D eigenvalue weighted by molar-refractivity contribution is 0.415. The molecule has 0 radical (unpaired) electrons. The second-order valence-corrected chi connectivity index (χ2v) is 6.50. The molecule has 0 saturated heterocycles. The van der Waals surface area contributed by atoms with Crippen LogP contribution in [0.5, 0.6) is 0 Å². The average molecular weight is 330 g/mol. The number of benzene rings is 2. The van der Waals surface area contributed by atoms with Gasteiger partial charge in [0.2, 0.25) is 0 Å². The Balaban J connectivity index is 1.79. The van der Waals surface area contributed by atoms with E-state index in [0.717, 1.165) is 4.47 Å². The zero-order valence-electron chi connectivity index (χ0n) is 11.8. The van der Waals surface area contributed by atoms with Gasteiger partial charge in [0, 0.05) is 16.6 Å². The highest BCUT2D eigenvalue weighted by atomic mass is 79.9. The maximum atomic E-state index is 3.80. The molecule has 1 aliphatic carbocycles. The standard InChI is InChI=1S/C18H20BrN/c1-13(15-8-4-9-16(19)12-15)20-18-11-5-7-14-6-2-3-10-17(14)18/h2-4,6,8-10,12-13,18,20H,5,7,11H2,1H3. The van der Waals surface area contributed by atoms with Crippen LogP contribution < -0.4 is 5.32 Å². The Hall–Kier alpha value is -1.12. The third-order valence-corrected chi connectivity index (χ3v) is 4.66. The molecular formula is C18H20BrN. The van der Waals surface area contributed by atoms with Gasteiger partial charge in [-0.15, -0.1) is 0 Å². The highest BCUT2D eigenvalue weighted by molar-refractivity contribution is 9.10. The summed E-state index contributed by atoms with van der Waals surface area (Å²) in [7, 11) is 0. The van der Waals surface area contributed by atoms with Crippen molar-refractivity contribution in [3.63, 3.8) is 0 Å². The fourth-order valence-electron chi connectivity index (χ4n) is 3.10. The molecule has 0 spiro atoms. The summed E-state index contributed by atoms with van der Waals surface area (Å²) in [6.45, 7) is 2.25. The Kier molecular flexibility index (Phi) is 4.23. The molecule has 0 bridgehead atoms. The molecule has 1 nitrogen and oxygen atoms in total. The normalized spacial score (nSPS) is 19.4. The van der Waals surface area contributed by atoms with E-state index < -0.39 is 0 Å². The molecule has 0 aromatic heterocycles. The zero-order valence-corrected chi connectivity index (χ0v) is 13.4. The number of halogens is 1. The van der Waals surface area contributed by atoms with Gasteiger partial charge in [0.1, 0.15) is 0 Å². The second kappa shape index (κ2) is 6.11. The molecule has 104 valence electrons. The van der Waals surface area contributed by atoms with Crippen molar-refractivity contribution in [2.75, 3.05) is 0 Å². The predicted molar refractivity (Wildman–Crippen MR) is 87.8 cm³/mol. The maximum Gasteiger partial charge on any atom is 0.0328 e. The van der Waals surface area contributed by atoms with Gasteiger partial charge in [-0.3, -0.25) is 0 Å². The fourth-order valence-corrected chi connectivity index (χ4v) is 3.52. The first-order valence-corrected chi connectivity index (χ1v) is 8.12. The molecule has 0 aliphatic heterocycles. The fraction of sp³-hybridized carbons (Fsp3) is 0.333. The highest BCUT2D eigenvalue weighted by Gasteiger charge is 2.21. The zero-order chi connectivity index (χ0) is 13.9. The first kappa shape index (κ1) is 13.8. The van der Waals surface area contributed by atoms with Gasteiger partial charge in [0.15, 0.2) is 0 Å². The minimum atomic E-state index is 0.364. The number of hydrogen-bond donors (Lipinski definition) is 1. The molecule has 20 heavy (non-hydrogen) atoms. The van der Waals surface area contributed by atoms with Crippen molar-refractivity contribution in [3.8, 4) is 0 Å². The van der Waals surface area contributed by atoms with E-state index in [2.05, 4.69) is 76.7 Å². The van der Waals surface area contributed by atoms with Crippen LogP contribution in [-0.4, -0.2) is 0 Å². The van der Waals surface area contributed by atoms with Crippen molar-refractivity contribution in [1.82, 2.24) is 5.32 Å². The van der Waals surface area contributed by atoms with Crippen molar-refractivity contribution in [2.45, 2.75) is 38.3 Å². The molecule has 2 aromatic carbocycles. The van der Waals surface area contributed by atoms with Crippen LogP contribution in [0.4, 0.5) is 0 Å². The van der Waals surface area contributed by atoms with Crippen LogP contribution in [-0.2, 0) is 6.42 Å². The van der Waals surface area contributed by atoms with E-state index in [-0.39, 0.29) is 0 Å². The second-order valence-electron chi connectivity index (χ2n) is 5.59. The summed E-state index contributed by atoms with van der Waals surface area (Å²) >= 11 is 3.55. The van der Waals surface area contributed by atoms with Gasteiger partial charge in [-0.05, 0) is 55.0 Å². The first-order chi connectivity index (χ1) is 9.74. The topological polar surface area (TPSA) is 12.0 Å². The minimum Gasteiger partial charge on any atom is -0.303 e. The van der Waals surface area contributed by atoms with Crippen LogP contribution in [0.15, 0.2) is 53.0 Å². The van der Waals surface area contributed by atoms with E-state index in [4.69, 9.17) is 0 Å². The van der Waals surface area contributed by atoms with E-state index in [0.29, 0.717) is 12.1 Å². The number of fused-ring (bicyclic) bond motifs is 1. The molecule has 0 saturated carbocycles. The van der Waals surface area contributed by atoms with Gasteiger partial charge in [0.25, 0.3) is 0 Å². The number of nitrogens with one attached hydrogen (secondary N) is 1. The monoisotopic (exact) mass is 329 g/mol. The van der Waals surface area contributed by atoms with E-state index in [9.17, 15) is 0 Å². The molecule has 3 rings (SSSR count). The highest BCUT2D eigenvalue weighted by Crippen LogP contribution is 2.31. The molecular weight excluding hydrogens is 310 g/mol. The lowest BCUT2D eigenvalue weighted by Crippen LogP contribution is -2.27. The van der Waals surface area contributed by atoms with Crippen molar-refractivity contribution in [1.29, 1.82) is 0 Å². The van der Waals surface area contributed by atoms with Crippen LogP contribution in [0, 0.1) is 0 Å². The van der Waals surface area contributed by atoms with Crippen LogP contribution in [0.1, 0.15) is 48.5 Å². The largest absolute Gasteiger partial charge is 0.303 e. The van der Waals surface area contributed by atoms with Gasteiger partial charge < -0.3 is 5.32 Å². The minimum absolute atomic E-state index is 0.364. The molecule has 0 heterocycles. The Bertz CT molecular complexity index is 593. The van der Waals surface area contributed by atoms with E-state index in [1.807, 2.05) is 0 Å². The molecule has 1 N–H and O–H groups in total. The van der Waals surface area contributed by atoms with Gasteiger partial charge in [0.05, 0.1) is 0 Å². The van der Waals surface area contributed by atoms with Crippen molar-refractivity contribution in [2.24, 2.45) is 0 Å². The molecule has 2 unspecified atom stereocenters. The first-order valence-electron chi connectivity index (χ1n) is 7.33. The summed E-state index contributed by atoms with van der Waals surface area (Å²) in [5, 5.41) is 3.80. The van der Waals surface area contributed by atoms with Gasteiger partial charge in [-0.1, -0.05) is 52.3 Å². The molecule has 2 heteroatoms. The molecule has 2 aromatic rings. The van der Waals surface area contributed by atoms with E-state index in [1.54, 1.807) is 0 Å². The summed E-state index contributed by atoms with van der Waals surface area (Å²) in [6.07, 6.45) is 3.73. The third-order valence-electron chi connectivity index (χ3n) is 4.17. The molecule has 0 fully saturated rings. The van der Waals surface area contributed by atoms with Gasteiger partial charge >= 0.3 is 0 Å². The number of hydrogen-bond acceptors (Lipinski definition) is 1. The Morgan fingerprint density at radius 3 is 2.85 bits per heavy atom.